The predicted octanol–water partition coefficient (Wildman–Crippen LogP) is 5.90. The van der Waals surface area contributed by atoms with Gasteiger partial charge in [0.15, 0.2) is 0 Å². The first-order chi connectivity index (χ1) is 17.8. The van der Waals surface area contributed by atoms with E-state index in [2.05, 4.69) is 30.1 Å². The minimum atomic E-state index is -0.648. The van der Waals surface area contributed by atoms with Gasteiger partial charge in [0.1, 0.15) is 11.6 Å². The number of hydrogen-bond acceptors (Lipinski definition) is 3. The van der Waals surface area contributed by atoms with E-state index in [1.54, 1.807) is 0 Å². The van der Waals surface area contributed by atoms with Crippen molar-refractivity contribution in [1.82, 2.24) is 15.2 Å². The van der Waals surface area contributed by atoms with Crippen molar-refractivity contribution in [2.24, 2.45) is 5.41 Å². The number of benzene rings is 1. The Morgan fingerprint density at radius 2 is 1.92 bits per heavy atom. The second-order valence-electron chi connectivity index (χ2n) is 11.2. The second-order valence-corrected chi connectivity index (χ2v) is 11.2. The molecule has 3 fully saturated rings. The van der Waals surface area contributed by atoms with Gasteiger partial charge < -0.3 is 19.9 Å². The van der Waals surface area contributed by atoms with Crippen molar-refractivity contribution in [3.8, 4) is 12.3 Å². The molecule has 2 aromatic rings. The summed E-state index contributed by atoms with van der Waals surface area (Å²) < 4.78 is 34.4. The number of H-pyrrole nitrogens is 1. The maximum absolute atomic E-state index is 14.8. The highest BCUT2D eigenvalue weighted by molar-refractivity contribution is 5.94. The Bertz CT molecular complexity index is 1240. The Hall–Kier alpha value is -3.08. The van der Waals surface area contributed by atoms with Gasteiger partial charge in [0, 0.05) is 34.1 Å². The van der Waals surface area contributed by atoms with E-state index >= 15 is 0 Å². The molecule has 4 aliphatic rings. The summed E-state index contributed by atoms with van der Waals surface area (Å²) in [6.45, 7) is 4.58. The second kappa shape index (κ2) is 9.66. The van der Waals surface area contributed by atoms with Crippen LogP contribution in [0.2, 0.25) is 0 Å². The summed E-state index contributed by atoms with van der Waals surface area (Å²) in [5.74, 6) is 0.661. The molecule has 0 radical (unpaired) electrons. The largest absolute Gasteiger partial charge is 0.450 e. The Morgan fingerprint density at radius 3 is 2.59 bits per heavy atom. The van der Waals surface area contributed by atoms with Gasteiger partial charge in [-0.1, -0.05) is 39.5 Å². The molecule has 2 atom stereocenters. The molecule has 2 amide bonds. The van der Waals surface area contributed by atoms with E-state index in [0.717, 1.165) is 55.8 Å². The standard InChI is InChI=1S/C29H35F2N3O3/c1-4-7-9-11-37-27(36)33-29-15-28(16-29,17-29)26-25-21(20-12-18(30)13-22(31)24(20)32-25)14-19(10-8-5-2)34(26)23(35)6-3/h3,12-13,19,26,32H,4-5,7-11,14-17H2,1-2H3,(H,33,36)/t19-,26+,28?,29?/m0/s1. The first-order valence-corrected chi connectivity index (χ1v) is 13.5. The Morgan fingerprint density at radius 1 is 1.19 bits per heavy atom. The molecular weight excluding hydrogens is 476 g/mol. The van der Waals surface area contributed by atoms with Crippen molar-refractivity contribution in [1.29, 1.82) is 0 Å². The van der Waals surface area contributed by atoms with Crippen molar-refractivity contribution in [3.63, 3.8) is 0 Å². The number of nitrogens with zero attached hydrogens (tertiary/aromatic N) is 1. The average molecular weight is 512 g/mol. The normalized spacial score (nSPS) is 27.6. The van der Waals surface area contributed by atoms with Gasteiger partial charge in [-0.15, -0.1) is 6.42 Å². The van der Waals surface area contributed by atoms with Crippen molar-refractivity contribution >= 4 is 22.9 Å². The number of alkyl carbamates (subject to hydrolysis) is 1. The number of carbonyl (C=O) groups is 2. The molecule has 6 rings (SSSR count). The Labute approximate surface area is 216 Å². The van der Waals surface area contributed by atoms with Crippen molar-refractivity contribution < 1.29 is 23.1 Å². The summed E-state index contributed by atoms with van der Waals surface area (Å²) >= 11 is 0. The smallest absolute Gasteiger partial charge is 0.407 e. The van der Waals surface area contributed by atoms with Crippen LogP contribution in [0.25, 0.3) is 10.9 Å². The quantitative estimate of drug-likeness (QED) is 0.325. The number of amides is 2. The molecule has 0 unspecified atom stereocenters. The first kappa shape index (κ1) is 25.6. The van der Waals surface area contributed by atoms with Crippen molar-refractivity contribution in [2.45, 2.75) is 95.7 Å². The number of nitrogens with one attached hydrogen (secondary N) is 2. The summed E-state index contributed by atoms with van der Waals surface area (Å²) in [7, 11) is 0. The minimum Gasteiger partial charge on any atom is -0.450 e. The summed E-state index contributed by atoms with van der Waals surface area (Å²) in [5.41, 5.74) is 1.22. The molecule has 37 heavy (non-hydrogen) atoms. The molecule has 3 saturated carbocycles. The summed E-state index contributed by atoms with van der Waals surface area (Å²) in [4.78, 5) is 30.6. The summed E-state index contributed by atoms with van der Waals surface area (Å²) in [6.07, 6.45) is 13.3. The molecule has 1 aromatic carbocycles. The van der Waals surface area contributed by atoms with Gasteiger partial charge in [0.2, 0.25) is 0 Å². The third kappa shape index (κ3) is 4.26. The fraction of sp³-hybridized carbons (Fsp3) is 0.586. The van der Waals surface area contributed by atoms with E-state index in [9.17, 15) is 18.4 Å². The van der Waals surface area contributed by atoms with Gasteiger partial charge in [-0.2, -0.15) is 0 Å². The third-order valence-electron chi connectivity index (χ3n) is 8.60. The van der Waals surface area contributed by atoms with E-state index in [1.165, 1.54) is 6.07 Å². The monoisotopic (exact) mass is 511 g/mol. The number of carbonyl (C=O) groups excluding carboxylic acids is 2. The van der Waals surface area contributed by atoms with E-state index in [-0.39, 0.29) is 34.5 Å². The number of ether oxygens (including phenoxy) is 1. The number of terminal acetylenes is 1. The summed E-state index contributed by atoms with van der Waals surface area (Å²) in [6, 6.07) is 1.71. The minimum absolute atomic E-state index is 0.159. The average Bonchev–Trinajstić information content (AvgIpc) is 3.19. The van der Waals surface area contributed by atoms with Crippen LogP contribution in [0.15, 0.2) is 12.1 Å². The number of aromatic amines is 1. The van der Waals surface area contributed by atoms with E-state index in [0.29, 0.717) is 37.7 Å². The van der Waals surface area contributed by atoms with Gasteiger partial charge in [0.05, 0.1) is 18.2 Å². The number of rotatable bonds is 9. The van der Waals surface area contributed by atoms with Gasteiger partial charge >= 0.3 is 6.09 Å². The molecule has 8 heteroatoms. The maximum Gasteiger partial charge on any atom is 0.407 e. The molecule has 1 aromatic heterocycles. The molecule has 1 aliphatic heterocycles. The molecule has 0 saturated heterocycles. The zero-order valence-corrected chi connectivity index (χ0v) is 21.6. The summed E-state index contributed by atoms with van der Waals surface area (Å²) in [5, 5.41) is 3.58. The molecule has 198 valence electrons. The zero-order chi connectivity index (χ0) is 26.4. The van der Waals surface area contributed by atoms with Crippen LogP contribution in [-0.4, -0.2) is 40.1 Å². The number of unbranched alkanes of at least 4 members (excludes halogenated alkanes) is 3. The molecule has 2 heterocycles. The first-order valence-electron chi connectivity index (χ1n) is 13.5. The van der Waals surface area contributed by atoms with E-state index in [1.807, 2.05) is 4.90 Å². The molecule has 3 aliphatic carbocycles. The van der Waals surface area contributed by atoms with Crippen LogP contribution in [0.5, 0.6) is 0 Å². The Balaban J connectivity index is 1.46. The zero-order valence-electron chi connectivity index (χ0n) is 21.6. The predicted molar refractivity (Wildman–Crippen MR) is 137 cm³/mol. The van der Waals surface area contributed by atoms with Crippen LogP contribution in [0, 0.1) is 29.4 Å². The topological polar surface area (TPSA) is 74.4 Å². The van der Waals surface area contributed by atoms with Crippen LogP contribution in [0.4, 0.5) is 13.6 Å². The highest BCUT2D eigenvalue weighted by Gasteiger charge is 2.73. The Kier molecular flexibility index (Phi) is 6.68. The molecular formula is C29H35F2N3O3. The number of aromatic nitrogens is 1. The number of halogens is 2. The maximum atomic E-state index is 14.8. The lowest BCUT2D eigenvalue weighted by atomic mass is 9.36. The van der Waals surface area contributed by atoms with Crippen molar-refractivity contribution in [2.75, 3.05) is 6.61 Å². The van der Waals surface area contributed by atoms with Crippen LogP contribution in [0.1, 0.15) is 88.9 Å². The molecule has 6 nitrogen and oxygen atoms in total. The van der Waals surface area contributed by atoms with Gasteiger partial charge in [-0.3, -0.25) is 4.79 Å². The van der Waals surface area contributed by atoms with Crippen LogP contribution >= 0.6 is 0 Å². The lowest BCUT2D eigenvalue weighted by Crippen LogP contribution is -2.78. The fourth-order valence-electron chi connectivity index (χ4n) is 7.13. The molecule has 2 bridgehead atoms. The highest BCUT2D eigenvalue weighted by atomic mass is 19.1. The lowest BCUT2D eigenvalue weighted by molar-refractivity contribution is -0.206. The molecule has 0 spiro atoms. The van der Waals surface area contributed by atoms with Crippen LogP contribution in [0.3, 0.4) is 0 Å². The fourth-order valence-corrected chi connectivity index (χ4v) is 7.13. The third-order valence-corrected chi connectivity index (χ3v) is 8.60. The SMILES string of the molecule is C#CC(=O)N1[C@@H](CCCC)Cc2c([nH]c3c(F)cc(F)cc23)[C@@H]1C12CC(NC(=O)OCCCCC)(C1)C2. The van der Waals surface area contributed by atoms with Crippen LogP contribution < -0.4 is 5.32 Å². The van der Waals surface area contributed by atoms with E-state index < -0.39 is 17.7 Å². The van der Waals surface area contributed by atoms with E-state index in [4.69, 9.17) is 11.2 Å². The highest BCUT2D eigenvalue weighted by Crippen LogP contribution is 2.74. The van der Waals surface area contributed by atoms with Gasteiger partial charge in [-0.05, 0) is 56.1 Å². The molecule has 2 N–H and O–H groups in total. The lowest BCUT2D eigenvalue weighted by Gasteiger charge is -2.74. The van der Waals surface area contributed by atoms with Gasteiger partial charge in [-0.25, -0.2) is 13.6 Å². The van der Waals surface area contributed by atoms with Crippen LogP contribution in [-0.2, 0) is 16.0 Å². The van der Waals surface area contributed by atoms with Crippen molar-refractivity contribution in [3.05, 3.63) is 35.0 Å². The number of fused-ring (bicyclic) bond motifs is 3. The van der Waals surface area contributed by atoms with Gasteiger partial charge in [0.25, 0.3) is 5.91 Å². The number of hydrogen-bond donors (Lipinski definition) is 2.